The van der Waals surface area contributed by atoms with E-state index in [-0.39, 0.29) is 24.0 Å². The molecule has 0 spiro atoms. The topological polar surface area (TPSA) is 57.5 Å². The Balaban J connectivity index is 0.00000338. The second-order valence-corrected chi connectivity index (χ2v) is 7.36. The number of hydrogen-bond acceptors (Lipinski definition) is 4. The van der Waals surface area contributed by atoms with Crippen LogP contribution in [0.2, 0.25) is 0 Å². The largest absolute Gasteiger partial charge is 0.356 e. The minimum atomic E-state index is 0. The van der Waals surface area contributed by atoms with Crippen LogP contribution in [0, 0.1) is 13.8 Å². The van der Waals surface area contributed by atoms with Crippen molar-refractivity contribution in [2.45, 2.75) is 32.9 Å². The lowest BCUT2D eigenvalue weighted by Crippen LogP contribution is -2.42. The van der Waals surface area contributed by atoms with Crippen molar-refractivity contribution >= 4 is 41.3 Å². The highest BCUT2D eigenvalue weighted by Gasteiger charge is 2.15. The first-order valence-corrected chi connectivity index (χ1v) is 9.54. The van der Waals surface area contributed by atoms with Gasteiger partial charge in [-0.05, 0) is 51.9 Å². The fraction of sp³-hybridized carbons (Fsp3) is 0.556. The molecule has 2 aromatic rings. The molecule has 2 aromatic heterocycles. The standard InChI is InChI=1S/C18H30N6S.HI/c1-14-12-15(2)24(22-14)10-7-9-20-18(19-3)21-13-16(23(4)5)17-8-6-11-25-17;/h6,8,11-12,16H,7,9-10,13H2,1-5H3,(H2,19,20,21);1H. The average Bonchev–Trinajstić information content (AvgIpc) is 3.19. The third kappa shape index (κ3) is 6.88. The van der Waals surface area contributed by atoms with E-state index in [0.29, 0.717) is 6.04 Å². The van der Waals surface area contributed by atoms with Crippen LogP contribution in [0.3, 0.4) is 0 Å². The number of thiophene rings is 1. The van der Waals surface area contributed by atoms with Crippen LogP contribution in [-0.2, 0) is 6.54 Å². The van der Waals surface area contributed by atoms with Crippen molar-refractivity contribution < 1.29 is 0 Å². The normalized spacial score (nSPS) is 12.8. The highest BCUT2D eigenvalue weighted by molar-refractivity contribution is 14.0. The maximum Gasteiger partial charge on any atom is 0.191 e. The van der Waals surface area contributed by atoms with E-state index in [1.807, 2.05) is 14.0 Å². The van der Waals surface area contributed by atoms with Gasteiger partial charge in [-0.1, -0.05) is 6.07 Å². The number of nitrogens with zero attached hydrogens (tertiary/aromatic N) is 4. The van der Waals surface area contributed by atoms with Crippen LogP contribution in [0.5, 0.6) is 0 Å². The van der Waals surface area contributed by atoms with Crippen LogP contribution < -0.4 is 10.6 Å². The Morgan fingerprint density at radius 1 is 1.35 bits per heavy atom. The molecule has 8 heteroatoms. The summed E-state index contributed by atoms with van der Waals surface area (Å²) in [5.41, 5.74) is 2.29. The fourth-order valence-corrected chi connectivity index (χ4v) is 3.69. The zero-order valence-corrected chi connectivity index (χ0v) is 19.5. The van der Waals surface area contributed by atoms with E-state index in [2.05, 4.69) is 74.9 Å². The van der Waals surface area contributed by atoms with Gasteiger partial charge in [0.05, 0.1) is 11.7 Å². The highest BCUT2D eigenvalue weighted by atomic mass is 127. The number of aromatic nitrogens is 2. The fourth-order valence-electron chi connectivity index (χ4n) is 2.77. The molecule has 0 aliphatic heterocycles. The third-order valence-electron chi connectivity index (χ3n) is 4.12. The van der Waals surface area contributed by atoms with Crippen molar-refractivity contribution in [3.05, 3.63) is 39.8 Å². The van der Waals surface area contributed by atoms with Gasteiger partial charge in [-0.15, -0.1) is 35.3 Å². The number of guanidine groups is 1. The molecule has 146 valence electrons. The first-order valence-electron chi connectivity index (χ1n) is 8.66. The predicted molar refractivity (Wildman–Crippen MR) is 122 cm³/mol. The molecule has 0 fully saturated rings. The molecule has 0 bridgehead atoms. The van der Waals surface area contributed by atoms with Crippen molar-refractivity contribution in [1.82, 2.24) is 25.3 Å². The van der Waals surface area contributed by atoms with Gasteiger partial charge < -0.3 is 15.5 Å². The molecule has 0 radical (unpaired) electrons. The van der Waals surface area contributed by atoms with E-state index < -0.39 is 0 Å². The molecule has 1 atom stereocenters. The number of aliphatic imine (C=N–C) groups is 1. The Labute approximate surface area is 178 Å². The summed E-state index contributed by atoms with van der Waals surface area (Å²) in [6, 6.07) is 6.73. The van der Waals surface area contributed by atoms with Crippen molar-refractivity contribution in [3.8, 4) is 0 Å². The lowest BCUT2D eigenvalue weighted by molar-refractivity contribution is 0.302. The Morgan fingerprint density at radius 2 is 2.12 bits per heavy atom. The maximum atomic E-state index is 4.49. The van der Waals surface area contributed by atoms with Crippen LogP contribution in [-0.4, -0.2) is 54.9 Å². The molecule has 2 heterocycles. The average molecular weight is 490 g/mol. The van der Waals surface area contributed by atoms with Gasteiger partial charge in [-0.25, -0.2) is 0 Å². The lowest BCUT2D eigenvalue weighted by Gasteiger charge is -2.24. The lowest BCUT2D eigenvalue weighted by atomic mass is 10.2. The van der Waals surface area contributed by atoms with Crippen molar-refractivity contribution in [3.63, 3.8) is 0 Å². The minimum absolute atomic E-state index is 0. The van der Waals surface area contributed by atoms with Gasteiger partial charge in [0, 0.05) is 37.3 Å². The van der Waals surface area contributed by atoms with Crippen molar-refractivity contribution in [2.24, 2.45) is 4.99 Å². The molecular weight excluding hydrogens is 459 g/mol. The maximum absolute atomic E-state index is 4.49. The first-order chi connectivity index (χ1) is 12.0. The second kappa shape index (κ2) is 11.6. The minimum Gasteiger partial charge on any atom is -0.356 e. The summed E-state index contributed by atoms with van der Waals surface area (Å²) in [6.45, 7) is 6.73. The summed E-state index contributed by atoms with van der Waals surface area (Å²) in [4.78, 5) is 7.91. The molecule has 0 aliphatic rings. The van der Waals surface area contributed by atoms with Gasteiger partial charge in [0.15, 0.2) is 5.96 Å². The molecule has 0 saturated heterocycles. The number of hydrogen-bond donors (Lipinski definition) is 2. The SMILES string of the molecule is CN=C(NCCCn1nc(C)cc1C)NCC(c1cccs1)N(C)C.I. The predicted octanol–water partition coefficient (Wildman–Crippen LogP) is 3.04. The highest BCUT2D eigenvalue weighted by Crippen LogP contribution is 2.22. The molecule has 0 aliphatic carbocycles. The van der Waals surface area contributed by atoms with E-state index in [0.717, 1.165) is 37.7 Å². The number of rotatable bonds is 8. The molecule has 2 rings (SSSR count). The Bertz CT molecular complexity index is 665. The summed E-state index contributed by atoms with van der Waals surface area (Å²) in [6.07, 6.45) is 1.00. The summed E-state index contributed by atoms with van der Waals surface area (Å²) in [7, 11) is 6.03. The summed E-state index contributed by atoms with van der Waals surface area (Å²) in [5.74, 6) is 0.844. The number of likely N-dealkylation sites (N-methyl/N-ethyl adjacent to an activating group) is 1. The van der Waals surface area contributed by atoms with Crippen LogP contribution in [0.15, 0.2) is 28.6 Å². The summed E-state index contributed by atoms with van der Waals surface area (Å²) >= 11 is 1.79. The molecule has 0 aromatic carbocycles. The smallest absolute Gasteiger partial charge is 0.191 e. The Hall–Kier alpha value is -1.13. The molecular formula is C18H31IN6S. The zero-order chi connectivity index (χ0) is 18.2. The molecule has 0 amide bonds. The van der Waals surface area contributed by atoms with Gasteiger partial charge in [0.2, 0.25) is 0 Å². The van der Waals surface area contributed by atoms with E-state index >= 15 is 0 Å². The third-order valence-corrected chi connectivity index (χ3v) is 5.10. The number of halogens is 1. The number of aryl methyl sites for hydroxylation is 3. The first kappa shape index (κ1) is 22.9. The van der Waals surface area contributed by atoms with Gasteiger partial charge >= 0.3 is 0 Å². The van der Waals surface area contributed by atoms with E-state index in [4.69, 9.17) is 0 Å². The molecule has 1 unspecified atom stereocenters. The van der Waals surface area contributed by atoms with Crippen LogP contribution >= 0.6 is 35.3 Å². The van der Waals surface area contributed by atoms with Gasteiger partial charge in [-0.3, -0.25) is 9.67 Å². The Kier molecular flexibility index (Phi) is 10.2. The van der Waals surface area contributed by atoms with Crippen LogP contribution in [0.4, 0.5) is 0 Å². The van der Waals surface area contributed by atoms with Crippen LogP contribution in [0.1, 0.15) is 28.7 Å². The van der Waals surface area contributed by atoms with E-state index in [1.54, 1.807) is 11.3 Å². The Morgan fingerprint density at radius 3 is 2.65 bits per heavy atom. The molecule has 6 nitrogen and oxygen atoms in total. The molecule has 26 heavy (non-hydrogen) atoms. The quantitative estimate of drug-likeness (QED) is 0.259. The summed E-state index contributed by atoms with van der Waals surface area (Å²) < 4.78 is 2.06. The van der Waals surface area contributed by atoms with E-state index in [1.165, 1.54) is 10.6 Å². The van der Waals surface area contributed by atoms with Gasteiger partial charge in [0.1, 0.15) is 0 Å². The summed E-state index contributed by atoms with van der Waals surface area (Å²) in [5, 5.41) is 13.4. The van der Waals surface area contributed by atoms with Gasteiger partial charge in [0.25, 0.3) is 0 Å². The monoisotopic (exact) mass is 490 g/mol. The number of nitrogens with one attached hydrogen (secondary N) is 2. The zero-order valence-electron chi connectivity index (χ0n) is 16.3. The second-order valence-electron chi connectivity index (χ2n) is 6.38. The molecule has 2 N–H and O–H groups in total. The molecule has 0 saturated carbocycles. The van der Waals surface area contributed by atoms with Crippen molar-refractivity contribution in [1.29, 1.82) is 0 Å². The van der Waals surface area contributed by atoms with Crippen molar-refractivity contribution in [2.75, 3.05) is 34.2 Å². The van der Waals surface area contributed by atoms with Crippen LogP contribution in [0.25, 0.3) is 0 Å². The van der Waals surface area contributed by atoms with Gasteiger partial charge in [-0.2, -0.15) is 5.10 Å². The van der Waals surface area contributed by atoms with E-state index in [9.17, 15) is 0 Å².